The Bertz CT molecular complexity index is 472. The molecule has 4 heteroatoms. The molecule has 1 N–H and O–H groups in total. The largest absolute Gasteiger partial charge is 0.367 e. The lowest BCUT2D eigenvalue weighted by molar-refractivity contribution is 0.567. The normalized spacial score (nSPS) is 11.7. The summed E-state index contributed by atoms with van der Waals surface area (Å²) in [5.74, 6) is 0.826. The van der Waals surface area contributed by atoms with Gasteiger partial charge in [0.1, 0.15) is 5.69 Å². The van der Waals surface area contributed by atoms with Crippen LogP contribution in [-0.4, -0.2) is 6.04 Å². The van der Waals surface area contributed by atoms with Gasteiger partial charge in [-0.2, -0.15) is 5.26 Å². The van der Waals surface area contributed by atoms with Crippen LogP contribution in [0.5, 0.6) is 0 Å². The van der Waals surface area contributed by atoms with Gasteiger partial charge >= 0.3 is 0 Å². The maximum Gasteiger partial charge on any atom is 0.150 e. The maximum absolute atomic E-state index is 13.5. The van der Waals surface area contributed by atoms with Crippen molar-refractivity contribution in [3.63, 3.8) is 0 Å². The monoisotopic (exact) mass is 234 g/mol. The number of nitrogens with zero attached hydrogens (tertiary/aromatic N) is 1. The lowest BCUT2D eigenvalue weighted by Gasteiger charge is -2.18. The van der Waals surface area contributed by atoms with Crippen molar-refractivity contribution >= 4 is 5.69 Å². The summed E-state index contributed by atoms with van der Waals surface area (Å²) in [5, 5.41) is 11.2. The number of nitriles is 1. The van der Waals surface area contributed by atoms with Gasteiger partial charge in [-0.1, -0.05) is 19.8 Å². The predicted octanol–water partition coefficient (Wildman–Crippen LogP) is 2.91. The molecule has 0 bridgehead atoms. The van der Waals surface area contributed by atoms with Crippen LogP contribution in [0.4, 0.5) is 14.5 Å². The molecule has 0 amide bonds. The Morgan fingerprint density at radius 3 is 2.18 bits per heavy atom. The average Bonchev–Trinajstić information content (AvgIpc) is 2.27. The molecular weight excluding hydrogens is 222 g/mol. The van der Waals surface area contributed by atoms with E-state index in [1.54, 1.807) is 6.07 Å². The van der Waals surface area contributed by atoms with E-state index >= 15 is 0 Å². The Morgan fingerprint density at radius 1 is 1.29 bits per heavy atom. The molecule has 1 atom stereocenters. The van der Waals surface area contributed by atoms with Gasteiger partial charge in [0, 0.05) is 0 Å². The molecule has 1 unspecified atom stereocenters. The van der Waals surface area contributed by atoms with Crippen LogP contribution in [0, 0.1) is 41.2 Å². The van der Waals surface area contributed by atoms with Gasteiger partial charge in [-0.15, -0.1) is 6.42 Å². The van der Waals surface area contributed by atoms with Crippen molar-refractivity contribution in [2.24, 2.45) is 5.92 Å². The second-order valence-corrected chi connectivity index (χ2v) is 3.96. The summed E-state index contributed by atoms with van der Waals surface area (Å²) >= 11 is 0. The molecule has 0 aliphatic carbocycles. The molecule has 2 nitrogen and oxygen atoms in total. The van der Waals surface area contributed by atoms with Gasteiger partial charge in [0.25, 0.3) is 0 Å². The first-order valence-corrected chi connectivity index (χ1v) is 5.11. The molecule has 0 aliphatic heterocycles. The first-order chi connectivity index (χ1) is 7.99. The number of rotatable bonds is 3. The predicted molar refractivity (Wildman–Crippen MR) is 62.2 cm³/mol. The van der Waals surface area contributed by atoms with E-state index < -0.39 is 17.7 Å². The van der Waals surface area contributed by atoms with Gasteiger partial charge in [-0.25, -0.2) is 8.78 Å². The van der Waals surface area contributed by atoms with E-state index in [0.717, 1.165) is 12.1 Å². The minimum absolute atomic E-state index is 0.0365. The van der Waals surface area contributed by atoms with Crippen LogP contribution in [0.25, 0.3) is 0 Å². The third-order valence-electron chi connectivity index (χ3n) is 2.32. The summed E-state index contributed by atoms with van der Waals surface area (Å²) < 4.78 is 27.1. The molecule has 0 aromatic heterocycles. The molecule has 0 spiro atoms. The van der Waals surface area contributed by atoms with E-state index in [9.17, 15) is 8.78 Å². The third kappa shape index (κ3) is 2.95. The number of benzene rings is 1. The summed E-state index contributed by atoms with van der Waals surface area (Å²) in [6, 6.07) is 3.16. The number of hydrogen-bond acceptors (Lipinski definition) is 2. The number of nitrogens with one attached hydrogen (secondary N) is 1. The Kier molecular flexibility index (Phi) is 4.06. The van der Waals surface area contributed by atoms with E-state index in [4.69, 9.17) is 11.7 Å². The van der Waals surface area contributed by atoms with Gasteiger partial charge in [-0.3, -0.25) is 0 Å². The summed E-state index contributed by atoms with van der Waals surface area (Å²) in [6.45, 7) is 3.69. The highest BCUT2D eigenvalue weighted by Gasteiger charge is 2.16. The van der Waals surface area contributed by atoms with E-state index in [1.165, 1.54) is 0 Å². The Balaban J connectivity index is 3.09. The van der Waals surface area contributed by atoms with E-state index in [0.29, 0.717) is 0 Å². The summed E-state index contributed by atoms with van der Waals surface area (Å²) in [5.41, 5.74) is -0.354. The van der Waals surface area contributed by atoms with Crippen molar-refractivity contribution in [3.8, 4) is 18.4 Å². The third-order valence-corrected chi connectivity index (χ3v) is 2.32. The summed E-state index contributed by atoms with van der Waals surface area (Å²) in [6.07, 6.45) is 5.27. The van der Waals surface area contributed by atoms with Crippen LogP contribution in [0.2, 0.25) is 0 Å². The van der Waals surface area contributed by atoms with Gasteiger partial charge in [0.2, 0.25) is 0 Å². The van der Waals surface area contributed by atoms with Crippen molar-refractivity contribution in [2.45, 2.75) is 19.9 Å². The van der Waals surface area contributed by atoms with Crippen molar-refractivity contribution in [1.82, 2.24) is 0 Å². The highest BCUT2D eigenvalue weighted by molar-refractivity contribution is 5.52. The fraction of sp³-hybridized carbons (Fsp3) is 0.308. The molecule has 88 valence electrons. The van der Waals surface area contributed by atoms with Crippen LogP contribution in [-0.2, 0) is 0 Å². The number of hydrogen-bond donors (Lipinski definition) is 1. The van der Waals surface area contributed by atoms with Gasteiger partial charge in [-0.05, 0) is 18.1 Å². The first-order valence-electron chi connectivity index (χ1n) is 5.11. The molecule has 0 saturated heterocycles. The second-order valence-electron chi connectivity index (χ2n) is 3.96. The van der Waals surface area contributed by atoms with Crippen LogP contribution in [0.1, 0.15) is 19.4 Å². The van der Waals surface area contributed by atoms with E-state index in [2.05, 4.69) is 11.2 Å². The average molecular weight is 234 g/mol. The standard InChI is InChI=1S/C13H12F2N2/c1-4-12(8(2)3)17-13-10(14)5-9(7-16)6-11(13)15/h1,5-6,8,12,17H,2-3H3. The second kappa shape index (κ2) is 5.32. The van der Waals surface area contributed by atoms with Crippen LogP contribution in [0.15, 0.2) is 12.1 Å². The summed E-state index contributed by atoms with van der Waals surface area (Å²) in [4.78, 5) is 0. The van der Waals surface area contributed by atoms with Crippen molar-refractivity contribution < 1.29 is 8.78 Å². The highest BCUT2D eigenvalue weighted by Crippen LogP contribution is 2.22. The zero-order chi connectivity index (χ0) is 13.0. The van der Waals surface area contributed by atoms with Crippen LogP contribution < -0.4 is 5.32 Å². The zero-order valence-corrected chi connectivity index (χ0v) is 9.59. The van der Waals surface area contributed by atoms with Crippen molar-refractivity contribution in [2.75, 3.05) is 5.32 Å². The highest BCUT2D eigenvalue weighted by atomic mass is 19.1. The van der Waals surface area contributed by atoms with Crippen LogP contribution in [0.3, 0.4) is 0 Å². The SMILES string of the molecule is C#CC(Nc1c(F)cc(C#N)cc1F)C(C)C. The molecule has 0 heterocycles. The van der Waals surface area contributed by atoms with Crippen LogP contribution >= 0.6 is 0 Å². The molecule has 0 fully saturated rings. The number of halogens is 2. The van der Waals surface area contributed by atoms with Gasteiger partial charge in [0.05, 0.1) is 17.7 Å². The van der Waals surface area contributed by atoms with E-state index in [1.807, 2.05) is 13.8 Å². The lowest BCUT2D eigenvalue weighted by atomic mass is 10.0. The summed E-state index contributed by atoms with van der Waals surface area (Å²) in [7, 11) is 0. The minimum Gasteiger partial charge on any atom is -0.367 e. The Morgan fingerprint density at radius 2 is 1.82 bits per heavy atom. The van der Waals surface area contributed by atoms with Gasteiger partial charge in [0.15, 0.2) is 11.6 Å². The van der Waals surface area contributed by atoms with Crippen molar-refractivity contribution in [1.29, 1.82) is 5.26 Å². The fourth-order valence-corrected chi connectivity index (χ4v) is 1.33. The molecule has 0 radical (unpaired) electrons. The molecule has 17 heavy (non-hydrogen) atoms. The Labute approximate surface area is 99.3 Å². The molecular formula is C13H12F2N2. The number of terminal acetylenes is 1. The molecule has 0 saturated carbocycles. The number of anilines is 1. The smallest absolute Gasteiger partial charge is 0.150 e. The van der Waals surface area contributed by atoms with Crippen molar-refractivity contribution in [3.05, 3.63) is 29.3 Å². The molecule has 0 aliphatic rings. The molecule has 1 aromatic rings. The lowest BCUT2D eigenvalue weighted by Crippen LogP contribution is -2.24. The zero-order valence-electron chi connectivity index (χ0n) is 9.59. The maximum atomic E-state index is 13.5. The van der Waals surface area contributed by atoms with Gasteiger partial charge < -0.3 is 5.32 Å². The fourth-order valence-electron chi connectivity index (χ4n) is 1.33. The van der Waals surface area contributed by atoms with E-state index in [-0.39, 0.29) is 17.2 Å². The Hall–Kier alpha value is -2.07. The minimum atomic E-state index is -0.817. The quantitative estimate of drug-likeness (QED) is 0.816. The topological polar surface area (TPSA) is 35.8 Å². The molecule has 1 rings (SSSR count). The molecule has 1 aromatic carbocycles. The first kappa shape index (κ1) is 13.0.